The van der Waals surface area contributed by atoms with E-state index in [-0.39, 0.29) is 12.1 Å². The molecule has 1 N–H and O–H groups in total. The van der Waals surface area contributed by atoms with E-state index in [1.165, 1.54) is 0 Å². The minimum absolute atomic E-state index is 0.0475. The highest BCUT2D eigenvalue weighted by molar-refractivity contribution is 5.80. The highest BCUT2D eigenvalue weighted by Gasteiger charge is 2.30. The van der Waals surface area contributed by atoms with Crippen LogP contribution in [0.5, 0.6) is 0 Å². The number of nitrogens with zero attached hydrogens (tertiary/aromatic N) is 2. The normalized spacial score (nSPS) is 21.6. The summed E-state index contributed by atoms with van der Waals surface area (Å²) in [6.07, 6.45) is 1.70. The first-order valence-electron chi connectivity index (χ1n) is 4.76. The summed E-state index contributed by atoms with van der Waals surface area (Å²) < 4.78 is 0. The van der Waals surface area contributed by atoms with Crippen LogP contribution >= 0.6 is 0 Å². The third-order valence-electron chi connectivity index (χ3n) is 2.39. The largest absolute Gasteiger partial charge is 0.321 e. The molecule has 1 aliphatic heterocycles. The van der Waals surface area contributed by atoms with Crippen molar-refractivity contribution in [1.29, 1.82) is 0 Å². The SMILES string of the molecule is CCN1C(=O)CNC1c1ccccn1. The zero-order valence-electron chi connectivity index (χ0n) is 8.10. The zero-order valence-corrected chi connectivity index (χ0v) is 8.10. The van der Waals surface area contributed by atoms with Gasteiger partial charge in [-0.05, 0) is 19.1 Å². The summed E-state index contributed by atoms with van der Waals surface area (Å²) in [6.45, 7) is 3.10. The van der Waals surface area contributed by atoms with Crippen LogP contribution in [-0.2, 0) is 4.79 Å². The maximum absolute atomic E-state index is 11.4. The molecule has 0 aliphatic carbocycles. The molecule has 1 amide bonds. The Morgan fingerprint density at radius 3 is 3.14 bits per heavy atom. The van der Waals surface area contributed by atoms with Crippen molar-refractivity contribution in [3.05, 3.63) is 30.1 Å². The molecule has 1 aromatic heterocycles. The van der Waals surface area contributed by atoms with E-state index in [9.17, 15) is 4.79 Å². The fraction of sp³-hybridized carbons (Fsp3) is 0.400. The lowest BCUT2D eigenvalue weighted by molar-refractivity contribution is -0.127. The van der Waals surface area contributed by atoms with E-state index >= 15 is 0 Å². The molecule has 2 heterocycles. The lowest BCUT2D eigenvalue weighted by Gasteiger charge is -2.21. The van der Waals surface area contributed by atoms with Gasteiger partial charge in [-0.15, -0.1) is 0 Å². The number of carbonyl (C=O) groups excluding carboxylic acids is 1. The predicted octanol–water partition coefficient (Wildman–Crippen LogP) is 0.532. The summed E-state index contributed by atoms with van der Waals surface area (Å²) in [5.41, 5.74) is 0.903. The van der Waals surface area contributed by atoms with Crippen molar-refractivity contribution in [1.82, 2.24) is 15.2 Å². The second-order valence-electron chi connectivity index (χ2n) is 3.22. The Bertz CT molecular complexity index is 325. The summed E-state index contributed by atoms with van der Waals surface area (Å²) in [7, 11) is 0. The van der Waals surface area contributed by atoms with Crippen molar-refractivity contribution < 1.29 is 4.79 Å². The van der Waals surface area contributed by atoms with Crippen molar-refractivity contribution in [3.8, 4) is 0 Å². The van der Waals surface area contributed by atoms with E-state index in [0.717, 1.165) is 5.69 Å². The zero-order chi connectivity index (χ0) is 9.97. The molecular weight excluding hydrogens is 178 g/mol. The number of likely N-dealkylation sites (N-methyl/N-ethyl adjacent to an activating group) is 1. The molecule has 4 nitrogen and oxygen atoms in total. The molecule has 1 aromatic rings. The fourth-order valence-corrected chi connectivity index (χ4v) is 1.70. The van der Waals surface area contributed by atoms with Crippen LogP contribution in [-0.4, -0.2) is 28.9 Å². The molecule has 1 saturated heterocycles. The third kappa shape index (κ3) is 1.48. The molecule has 0 aromatic carbocycles. The van der Waals surface area contributed by atoms with Crippen LogP contribution in [0.25, 0.3) is 0 Å². The summed E-state index contributed by atoms with van der Waals surface area (Å²) in [5.74, 6) is 0.142. The molecule has 0 spiro atoms. The first-order chi connectivity index (χ1) is 6.83. The molecule has 2 rings (SSSR count). The number of aromatic nitrogens is 1. The van der Waals surface area contributed by atoms with E-state index in [1.807, 2.05) is 25.1 Å². The monoisotopic (exact) mass is 191 g/mol. The average Bonchev–Trinajstić information content (AvgIpc) is 2.61. The van der Waals surface area contributed by atoms with E-state index in [2.05, 4.69) is 10.3 Å². The summed E-state index contributed by atoms with van der Waals surface area (Å²) >= 11 is 0. The van der Waals surface area contributed by atoms with Gasteiger partial charge in [0.05, 0.1) is 12.2 Å². The fourth-order valence-electron chi connectivity index (χ4n) is 1.70. The van der Waals surface area contributed by atoms with Gasteiger partial charge >= 0.3 is 0 Å². The van der Waals surface area contributed by atoms with Gasteiger partial charge in [0.25, 0.3) is 0 Å². The maximum Gasteiger partial charge on any atom is 0.238 e. The van der Waals surface area contributed by atoms with Crippen LogP contribution < -0.4 is 5.32 Å². The van der Waals surface area contributed by atoms with E-state index in [4.69, 9.17) is 0 Å². The number of pyridine rings is 1. The van der Waals surface area contributed by atoms with Gasteiger partial charge in [0.15, 0.2) is 0 Å². The van der Waals surface area contributed by atoms with E-state index in [0.29, 0.717) is 13.1 Å². The van der Waals surface area contributed by atoms with E-state index < -0.39 is 0 Å². The Morgan fingerprint density at radius 2 is 2.50 bits per heavy atom. The molecule has 0 bridgehead atoms. The van der Waals surface area contributed by atoms with Crippen LogP contribution in [0.1, 0.15) is 18.8 Å². The first-order valence-corrected chi connectivity index (χ1v) is 4.76. The first kappa shape index (κ1) is 9.15. The molecule has 1 unspecified atom stereocenters. The van der Waals surface area contributed by atoms with Crippen molar-refractivity contribution in [2.45, 2.75) is 13.1 Å². The Labute approximate surface area is 82.9 Å². The van der Waals surface area contributed by atoms with Crippen LogP contribution in [0.2, 0.25) is 0 Å². The topological polar surface area (TPSA) is 45.2 Å². The van der Waals surface area contributed by atoms with Crippen LogP contribution in [0.3, 0.4) is 0 Å². The van der Waals surface area contributed by atoms with Gasteiger partial charge in [-0.3, -0.25) is 15.1 Å². The number of rotatable bonds is 2. The molecule has 1 aliphatic rings. The second-order valence-corrected chi connectivity index (χ2v) is 3.22. The number of hydrogen-bond acceptors (Lipinski definition) is 3. The van der Waals surface area contributed by atoms with E-state index in [1.54, 1.807) is 11.1 Å². The van der Waals surface area contributed by atoms with Gasteiger partial charge in [-0.25, -0.2) is 0 Å². The summed E-state index contributed by atoms with van der Waals surface area (Å²) in [5, 5.41) is 3.14. The average molecular weight is 191 g/mol. The second kappa shape index (κ2) is 3.75. The van der Waals surface area contributed by atoms with Gasteiger partial charge < -0.3 is 4.90 Å². The van der Waals surface area contributed by atoms with Crippen LogP contribution in [0.15, 0.2) is 24.4 Å². The molecule has 14 heavy (non-hydrogen) atoms. The quantitative estimate of drug-likeness (QED) is 0.741. The highest BCUT2D eigenvalue weighted by Crippen LogP contribution is 2.19. The molecule has 0 radical (unpaired) electrons. The third-order valence-corrected chi connectivity index (χ3v) is 2.39. The lowest BCUT2D eigenvalue weighted by Crippen LogP contribution is -2.30. The van der Waals surface area contributed by atoms with Gasteiger partial charge in [0.2, 0.25) is 5.91 Å². The van der Waals surface area contributed by atoms with Gasteiger partial charge in [0.1, 0.15) is 6.17 Å². The highest BCUT2D eigenvalue weighted by atomic mass is 16.2. The van der Waals surface area contributed by atoms with Crippen molar-refractivity contribution in [3.63, 3.8) is 0 Å². The smallest absolute Gasteiger partial charge is 0.238 e. The van der Waals surface area contributed by atoms with Crippen molar-refractivity contribution >= 4 is 5.91 Å². The Hall–Kier alpha value is -1.42. The molecule has 1 fully saturated rings. The minimum Gasteiger partial charge on any atom is -0.321 e. The predicted molar refractivity (Wildman–Crippen MR) is 52.4 cm³/mol. The number of nitrogens with one attached hydrogen (secondary N) is 1. The van der Waals surface area contributed by atoms with Crippen molar-refractivity contribution in [2.24, 2.45) is 0 Å². The molecule has 1 atom stereocenters. The molecule has 74 valence electrons. The summed E-state index contributed by atoms with van der Waals surface area (Å²) in [6, 6.07) is 5.73. The molecule has 0 saturated carbocycles. The minimum atomic E-state index is -0.0475. The number of hydrogen-bond donors (Lipinski definition) is 1. The Morgan fingerprint density at radius 1 is 1.64 bits per heavy atom. The number of amides is 1. The standard InChI is InChI=1S/C10H13N3O/c1-2-13-9(14)7-12-10(13)8-5-3-4-6-11-8/h3-6,10,12H,2,7H2,1H3. The van der Waals surface area contributed by atoms with Crippen molar-refractivity contribution in [2.75, 3.05) is 13.1 Å². The number of carbonyl (C=O) groups is 1. The summed E-state index contributed by atoms with van der Waals surface area (Å²) in [4.78, 5) is 17.5. The van der Waals surface area contributed by atoms with Gasteiger partial charge in [-0.1, -0.05) is 6.07 Å². The molecule has 4 heteroatoms. The molecular formula is C10H13N3O. The Balaban J connectivity index is 2.23. The van der Waals surface area contributed by atoms with Gasteiger partial charge in [-0.2, -0.15) is 0 Å². The van der Waals surface area contributed by atoms with Crippen LogP contribution in [0.4, 0.5) is 0 Å². The Kier molecular flexibility index (Phi) is 2.45. The van der Waals surface area contributed by atoms with Gasteiger partial charge in [0, 0.05) is 12.7 Å². The van der Waals surface area contributed by atoms with Crippen LogP contribution in [0, 0.1) is 0 Å². The lowest BCUT2D eigenvalue weighted by atomic mass is 10.3. The maximum atomic E-state index is 11.4.